The van der Waals surface area contributed by atoms with E-state index in [1.807, 2.05) is 60.7 Å². The van der Waals surface area contributed by atoms with Gasteiger partial charge in [-0.25, -0.2) is 14.6 Å². The van der Waals surface area contributed by atoms with Crippen molar-refractivity contribution in [3.63, 3.8) is 0 Å². The molecule has 0 spiro atoms. The van der Waals surface area contributed by atoms with E-state index in [0.717, 1.165) is 17.2 Å². The Morgan fingerprint density at radius 1 is 0.833 bits per heavy atom. The summed E-state index contributed by atoms with van der Waals surface area (Å²) in [4.78, 5) is 45.5. The molecule has 0 amide bonds. The number of hydrogen-bond acceptors (Lipinski definition) is 4. The second kappa shape index (κ2) is 9.71. The summed E-state index contributed by atoms with van der Waals surface area (Å²) in [5.74, 6) is -0.589. The Morgan fingerprint density at radius 3 is 2.00 bits per heavy atom. The Balaban J connectivity index is 1.64. The van der Waals surface area contributed by atoms with Crippen LogP contribution >= 0.6 is 0 Å². The fourth-order valence-corrected chi connectivity index (χ4v) is 4.04. The van der Waals surface area contributed by atoms with Gasteiger partial charge in [0.2, 0.25) is 0 Å². The average Bonchev–Trinajstić information content (AvgIpc) is 3.35. The lowest BCUT2D eigenvalue weighted by Crippen LogP contribution is -2.40. The molecular formula is C28H22N4O4. The molecule has 8 heteroatoms. The number of benzene rings is 3. The van der Waals surface area contributed by atoms with Gasteiger partial charge in [-0.05, 0) is 22.8 Å². The first-order valence-electron chi connectivity index (χ1n) is 11.3. The summed E-state index contributed by atoms with van der Waals surface area (Å²) in [6.07, 6.45) is 2.55. The molecule has 0 aliphatic carbocycles. The zero-order chi connectivity index (χ0) is 25.1. The second-order valence-corrected chi connectivity index (χ2v) is 8.31. The molecule has 0 unspecified atom stereocenters. The molecule has 5 aromatic rings. The standard InChI is InChI=1S/C28H22N4O4/c33-23(34)16-13-19-11-14-22(15-12-19)25-29-24-26(30-25)31(17-20-7-3-1-4-8-20)28(36)32(27(24)35)18-21-9-5-2-6-10-21/h1-16H,17-18H2,(H,29,30)(H,33,34)/b16-13+. The zero-order valence-electron chi connectivity index (χ0n) is 19.2. The van der Waals surface area contributed by atoms with E-state index in [1.165, 1.54) is 15.2 Å². The number of nitrogens with zero attached hydrogens (tertiary/aromatic N) is 3. The predicted octanol–water partition coefficient (Wildman–Crippen LogP) is 3.75. The van der Waals surface area contributed by atoms with Crippen molar-refractivity contribution < 1.29 is 9.90 Å². The van der Waals surface area contributed by atoms with E-state index < -0.39 is 17.2 Å². The molecule has 0 saturated carbocycles. The number of aromatic amines is 1. The Labute approximate surface area is 205 Å². The number of nitrogens with one attached hydrogen (secondary N) is 1. The summed E-state index contributed by atoms with van der Waals surface area (Å²) in [6, 6.07) is 26.0. The molecule has 2 heterocycles. The molecule has 36 heavy (non-hydrogen) atoms. The number of aromatic nitrogens is 4. The van der Waals surface area contributed by atoms with Gasteiger partial charge in [-0.2, -0.15) is 0 Å². The number of rotatable bonds is 7. The minimum absolute atomic E-state index is 0.141. The van der Waals surface area contributed by atoms with Crippen molar-refractivity contribution >= 4 is 23.2 Å². The van der Waals surface area contributed by atoms with Crippen LogP contribution in [0.1, 0.15) is 16.7 Å². The van der Waals surface area contributed by atoms with Crippen LogP contribution in [0.4, 0.5) is 0 Å². The minimum Gasteiger partial charge on any atom is -0.478 e. The maximum Gasteiger partial charge on any atom is 0.333 e. The Hall–Kier alpha value is -4.98. The summed E-state index contributed by atoms with van der Waals surface area (Å²) in [6.45, 7) is 0.399. The Morgan fingerprint density at radius 2 is 1.42 bits per heavy atom. The molecule has 5 rings (SSSR count). The monoisotopic (exact) mass is 478 g/mol. The fourth-order valence-electron chi connectivity index (χ4n) is 4.04. The molecule has 0 atom stereocenters. The molecule has 0 radical (unpaired) electrons. The van der Waals surface area contributed by atoms with Crippen LogP contribution in [0, 0.1) is 0 Å². The van der Waals surface area contributed by atoms with Gasteiger partial charge in [-0.15, -0.1) is 0 Å². The first-order chi connectivity index (χ1) is 17.5. The second-order valence-electron chi connectivity index (χ2n) is 8.31. The largest absolute Gasteiger partial charge is 0.478 e. The zero-order valence-corrected chi connectivity index (χ0v) is 19.2. The summed E-state index contributed by atoms with van der Waals surface area (Å²) in [5, 5.41) is 8.82. The first-order valence-corrected chi connectivity index (χ1v) is 11.3. The van der Waals surface area contributed by atoms with Gasteiger partial charge in [0.1, 0.15) is 11.3 Å². The molecule has 0 bridgehead atoms. The highest BCUT2D eigenvalue weighted by atomic mass is 16.4. The highest BCUT2D eigenvalue weighted by Gasteiger charge is 2.18. The van der Waals surface area contributed by atoms with Crippen LogP contribution in [-0.4, -0.2) is 30.2 Å². The quantitative estimate of drug-likeness (QED) is 0.346. The number of hydrogen-bond donors (Lipinski definition) is 2. The number of carboxylic acids is 1. The summed E-state index contributed by atoms with van der Waals surface area (Å²) < 4.78 is 2.74. The topological polar surface area (TPSA) is 110 Å². The number of imidazole rings is 1. The molecule has 0 fully saturated rings. The normalized spacial score (nSPS) is 11.3. The molecule has 0 saturated heterocycles. The van der Waals surface area contributed by atoms with Crippen molar-refractivity contribution in [3.8, 4) is 11.4 Å². The van der Waals surface area contributed by atoms with E-state index in [9.17, 15) is 14.4 Å². The van der Waals surface area contributed by atoms with Gasteiger partial charge in [-0.1, -0.05) is 84.9 Å². The number of aliphatic carboxylic acids is 1. The molecular weight excluding hydrogens is 456 g/mol. The van der Waals surface area contributed by atoms with Crippen LogP contribution in [0.15, 0.2) is 101 Å². The van der Waals surface area contributed by atoms with Crippen LogP contribution in [0.5, 0.6) is 0 Å². The van der Waals surface area contributed by atoms with E-state index in [4.69, 9.17) is 5.11 Å². The molecule has 0 aliphatic rings. The average molecular weight is 479 g/mol. The predicted molar refractivity (Wildman–Crippen MR) is 138 cm³/mol. The summed E-state index contributed by atoms with van der Waals surface area (Å²) in [5.41, 5.74) is 2.80. The highest BCUT2D eigenvalue weighted by Crippen LogP contribution is 2.20. The molecule has 178 valence electrons. The first kappa shape index (κ1) is 22.8. The lowest BCUT2D eigenvalue weighted by Gasteiger charge is -2.11. The number of carboxylic acid groups (broad SMARTS) is 1. The van der Waals surface area contributed by atoms with Crippen LogP contribution in [0.3, 0.4) is 0 Å². The third-order valence-electron chi connectivity index (χ3n) is 5.83. The molecule has 3 aromatic carbocycles. The van der Waals surface area contributed by atoms with Crippen molar-refractivity contribution in [2.45, 2.75) is 13.1 Å². The molecule has 8 nitrogen and oxygen atoms in total. The van der Waals surface area contributed by atoms with E-state index in [0.29, 0.717) is 17.0 Å². The third kappa shape index (κ3) is 4.65. The highest BCUT2D eigenvalue weighted by molar-refractivity contribution is 5.85. The van der Waals surface area contributed by atoms with Crippen LogP contribution in [-0.2, 0) is 17.9 Å². The fraction of sp³-hybridized carbons (Fsp3) is 0.0714. The van der Waals surface area contributed by atoms with Crippen molar-refractivity contribution in [2.24, 2.45) is 0 Å². The number of H-pyrrole nitrogens is 1. The van der Waals surface area contributed by atoms with Crippen LogP contribution < -0.4 is 11.2 Å². The molecule has 2 aromatic heterocycles. The Bertz CT molecular complexity index is 1680. The van der Waals surface area contributed by atoms with Gasteiger partial charge >= 0.3 is 11.7 Å². The van der Waals surface area contributed by atoms with E-state index in [2.05, 4.69) is 9.97 Å². The van der Waals surface area contributed by atoms with Crippen LogP contribution in [0.2, 0.25) is 0 Å². The number of carbonyl (C=O) groups is 1. The van der Waals surface area contributed by atoms with Crippen molar-refractivity contribution in [2.75, 3.05) is 0 Å². The smallest absolute Gasteiger partial charge is 0.333 e. The minimum atomic E-state index is -1.03. The van der Waals surface area contributed by atoms with E-state index in [1.54, 1.807) is 24.3 Å². The maximum absolute atomic E-state index is 13.5. The maximum atomic E-state index is 13.5. The van der Waals surface area contributed by atoms with Gasteiger partial charge in [0.15, 0.2) is 5.65 Å². The number of fused-ring (bicyclic) bond motifs is 1. The summed E-state index contributed by atoms with van der Waals surface area (Å²) >= 11 is 0. The van der Waals surface area contributed by atoms with Gasteiger partial charge in [0.25, 0.3) is 5.56 Å². The lowest BCUT2D eigenvalue weighted by molar-refractivity contribution is -0.131. The van der Waals surface area contributed by atoms with Gasteiger partial charge in [0.05, 0.1) is 13.1 Å². The molecule has 2 N–H and O–H groups in total. The van der Waals surface area contributed by atoms with Gasteiger partial charge in [-0.3, -0.25) is 13.9 Å². The van der Waals surface area contributed by atoms with Gasteiger partial charge in [0, 0.05) is 11.6 Å². The van der Waals surface area contributed by atoms with Crippen molar-refractivity contribution in [1.29, 1.82) is 0 Å². The van der Waals surface area contributed by atoms with E-state index >= 15 is 0 Å². The molecule has 0 aliphatic heterocycles. The van der Waals surface area contributed by atoms with Crippen molar-refractivity contribution in [3.05, 3.63) is 129 Å². The van der Waals surface area contributed by atoms with Crippen LogP contribution in [0.25, 0.3) is 28.6 Å². The lowest BCUT2D eigenvalue weighted by atomic mass is 10.1. The summed E-state index contributed by atoms with van der Waals surface area (Å²) in [7, 11) is 0. The Kier molecular flexibility index (Phi) is 6.15. The van der Waals surface area contributed by atoms with Gasteiger partial charge < -0.3 is 10.1 Å². The SMILES string of the molecule is O=C(O)/C=C/c1ccc(-c2nc3c([nH]2)c(=O)n(Cc2ccccc2)c(=O)n3Cc2ccccc2)cc1. The van der Waals surface area contributed by atoms with Crippen molar-refractivity contribution in [1.82, 2.24) is 19.1 Å². The van der Waals surface area contributed by atoms with E-state index in [-0.39, 0.29) is 24.3 Å². The third-order valence-corrected chi connectivity index (χ3v) is 5.83.